The molecule has 0 spiro atoms. The van der Waals surface area contributed by atoms with E-state index in [-0.39, 0.29) is 5.25 Å². The summed E-state index contributed by atoms with van der Waals surface area (Å²) in [7, 11) is -0.846. The van der Waals surface area contributed by atoms with E-state index < -0.39 is 9.84 Å². The summed E-state index contributed by atoms with van der Waals surface area (Å²) in [6.45, 7) is 3.53. The van der Waals surface area contributed by atoms with Crippen molar-refractivity contribution in [3.63, 3.8) is 0 Å². The zero-order valence-corrected chi connectivity index (χ0v) is 10.8. The second-order valence-electron chi connectivity index (χ2n) is 4.87. The van der Waals surface area contributed by atoms with Gasteiger partial charge in [0.1, 0.15) is 0 Å². The molecule has 0 radical (unpaired) electrons. The molecule has 1 saturated carbocycles. The van der Waals surface area contributed by atoms with Crippen molar-refractivity contribution in [2.75, 3.05) is 12.8 Å². The molecule has 2 unspecified atom stereocenters. The van der Waals surface area contributed by atoms with Crippen molar-refractivity contribution in [2.45, 2.75) is 50.8 Å². The molecular weight excluding hydrogens is 210 g/mol. The van der Waals surface area contributed by atoms with Crippen LogP contribution in [0.25, 0.3) is 0 Å². The SMILES string of the molecule is CNC1CCC(CCS(=O)(=O)C(C)C)C1. The van der Waals surface area contributed by atoms with Gasteiger partial charge in [0, 0.05) is 6.04 Å². The molecule has 1 rings (SSSR count). The largest absolute Gasteiger partial charge is 0.317 e. The summed E-state index contributed by atoms with van der Waals surface area (Å²) in [6, 6.07) is 0.608. The Morgan fingerprint density at radius 3 is 2.47 bits per heavy atom. The second kappa shape index (κ2) is 5.30. The number of hydrogen-bond acceptors (Lipinski definition) is 3. The van der Waals surface area contributed by atoms with Crippen molar-refractivity contribution < 1.29 is 8.42 Å². The van der Waals surface area contributed by atoms with E-state index >= 15 is 0 Å². The quantitative estimate of drug-likeness (QED) is 0.784. The van der Waals surface area contributed by atoms with Gasteiger partial charge in [0.05, 0.1) is 11.0 Å². The molecule has 0 aromatic heterocycles. The van der Waals surface area contributed by atoms with Crippen LogP contribution in [0.5, 0.6) is 0 Å². The highest BCUT2D eigenvalue weighted by molar-refractivity contribution is 7.91. The van der Waals surface area contributed by atoms with Gasteiger partial charge in [0.15, 0.2) is 9.84 Å². The third-order valence-electron chi connectivity index (χ3n) is 3.48. The number of nitrogens with one attached hydrogen (secondary N) is 1. The fourth-order valence-electron chi connectivity index (χ4n) is 2.17. The molecule has 0 aromatic rings. The van der Waals surface area contributed by atoms with Crippen LogP contribution >= 0.6 is 0 Å². The highest BCUT2D eigenvalue weighted by Crippen LogP contribution is 2.28. The van der Waals surface area contributed by atoms with Crippen molar-refractivity contribution >= 4 is 9.84 Å². The minimum atomic E-state index is -2.83. The molecule has 4 heteroatoms. The van der Waals surface area contributed by atoms with Crippen molar-refractivity contribution in [3.8, 4) is 0 Å². The van der Waals surface area contributed by atoms with Crippen molar-refractivity contribution in [3.05, 3.63) is 0 Å². The lowest BCUT2D eigenvalue weighted by molar-refractivity contribution is 0.493. The fourth-order valence-corrected chi connectivity index (χ4v) is 3.30. The van der Waals surface area contributed by atoms with Gasteiger partial charge >= 0.3 is 0 Å². The topological polar surface area (TPSA) is 46.2 Å². The maximum absolute atomic E-state index is 11.6. The van der Waals surface area contributed by atoms with Crippen LogP contribution in [0.4, 0.5) is 0 Å². The van der Waals surface area contributed by atoms with Gasteiger partial charge in [0.2, 0.25) is 0 Å². The molecule has 15 heavy (non-hydrogen) atoms. The fraction of sp³-hybridized carbons (Fsp3) is 1.00. The molecule has 1 aliphatic rings. The summed E-state index contributed by atoms with van der Waals surface area (Å²) in [4.78, 5) is 0. The zero-order valence-electron chi connectivity index (χ0n) is 9.99. The van der Waals surface area contributed by atoms with Crippen LogP contribution < -0.4 is 5.32 Å². The van der Waals surface area contributed by atoms with Crippen molar-refractivity contribution in [1.29, 1.82) is 0 Å². The minimum absolute atomic E-state index is 0.223. The van der Waals surface area contributed by atoms with E-state index in [1.807, 2.05) is 7.05 Å². The molecule has 90 valence electrons. The van der Waals surface area contributed by atoms with E-state index in [0.717, 1.165) is 12.8 Å². The molecule has 1 aliphatic carbocycles. The molecule has 0 amide bonds. The van der Waals surface area contributed by atoms with Crippen LogP contribution in [0.2, 0.25) is 0 Å². The summed E-state index contributed by atoms with van der Waals surface area (Å²) in [6.07, 6.45) is 4.37. The van der Waals surface area contributed by atoms with Crippen LogP contribution in [-0.4, -0.2) is 32.5 Å². The van der Waals surface area contributed by atoms with E-state index in [1.165, 1.54) is 12.8 Å². The average molecular weight is 233 g/mol. The van der Waals surface area contributed by atoms with E-state index in [9.17, 15) is 8.42 Å². The summed E-state index contributed by atoms with van der Waals surface area (Å²) < 4.78 is 23.2. The van der Waals surface area contributed by atoms with Gasteiger partial charge in [-0.05, 0) is 52.5 Å². The Hall–Kier alpha value is -0.0900. The number of rotatable bonds is 5. The molecule has 0 saturated heterocycles. The van der Waals surface area contributed by atoms with Gasteiger partial charge in [0.25, 0.3) is 0 Å². The molecule has 0 aliphatic heterocycles. The standard InChI is InChI=1S/C11H23NO2S/c1-9(2)15(13,14)7-6-10-4-5-11(8-10)12-3/h9-12H,4-8H2,1-3H3. The molecule has 1 N–H and O–H groups in total. The van der Waals surface area contributed by atoms with E-state index in [4.69, 9.17) is 0 Å². The molecule has 0 bridgehead atoms. The molecule has 0 aromatic carbocycles. The van der Waals surface area contributed by atoms with Gasteiger partial charge in [-0.3, -0.25) is 0 Å². The molecule has 3 nitrogen and oxygen atoms in total. The smallest absolute Gasteiger partial charge is 0.152 e. The average Bonchev–Trinajstić information content (AvgIpc) is 2.62. The minimum Gasteiger partial charge on any atom is -0.317 e. The predicted octanol–water partition coefficient (Wildman–Crippen LogP) is 1.59. The molecule has 1 fully saturated rings. The Kier molecular flexibility index (Phi) is 4.59. The summed E-state index contributed by atoms with van der Waals surface area (Å²) in [5.41, 5.74) is 0. The van der Waals surface area contributed by atoms with Crippen molar-refractivity contribution in [2.24, 2.45) is 5.92 Å². The lowest BCUT2D eigenvalue weighted by Gasteiger charge is -2.12. The van der Waals surface area contributed by atoms with Gasteiger partial charge < -0.3 is 5.32 Å². The lowest BCUT2D eigenvalue weighted by Crippen LogP contribution is -2.22. The Labute approximate surface area is 93.6 Å². The molecule has 2 atom stereocenters. The first-order valence-electron chi connectivity index (χ1n) is 5.84. The second-order valence-corrected chi connectivity index (χ2v) is 7.55. The summed E-state index contributed by atoms with van der Waals surface area (Å²) >= 11 is 0. The van der Waals surface area contributed by atoms with E-state index in [1.54, 1.807) is 13.8 Å². The lowest BCUT2D eigenvalue weighted by atomic mass is 10.1. The first-order chi connectivity index (χ1) is 6.95. The van der Waals surface area contributed by atoms with Crippen LogP contribution in [-0.2, 0) is 9.84 Å². The third kappa shape index (κ3) is 3.76. The Morgan fingerprint density at radius 1 is 1.33 bits per heavy atom. The Bertz CT molecular complexity index is 285. The van der Waals surface area contributed by atoms with Gasteiger partial charge in [-0.2, -0.15) is 0 Å². The highest BCUT2D eigenvalue weighted by Gasteiger charge is 2.25. The predicted molar refractivity (Wildman–Crippen MR) is 63.7 cm³/mol. The van der Waals surface area contributed by atoms with E-state index in [2.05, 4.69) is 5.32 Å². The maximum atomic E-state index is 11.6. The summed E-state index contributed by atoms with van der Waals surface area (Å²) in [5.74, 6) is 0.974. The third-order valence-corrected chi connectivity index (χ3v) is 5.72. The molecular formula is C11H23NO2S. The van der Waals surface area contributed by atoms with Gasteiger partial charge in [-0.1, -0.05) is 0 Å². The highest BCUT2D eigenvalue weighted by atomic mass is 32.2. The Morgan fingerprint density at radius 2 is 2.00 bits per heavy atom. The van der Waals surface area contributed by atoms with Gasteiger partial charge in [-0.25, -0.2) is 8.42 Å². The monoisotopic (exact) mass is 233 g/mol. The normalized spacial score (nSPS) is 27.5. The van der Waals surface area contributed by atoms with Crippen LogP contribution in [0, 0.1) is 5.92 Å². The zero-order chi connectivity index (χ0) is 11.5. The maximum Gasteiger partial charge on any atom is 0.152 e. The first kappa shape index (κ1) is 13.0. The Balaban J connectivity index is 2.33. The van der Waals surface area contributed by atoms with Crippen LogP contribution in [0.1, 0.15) is 39.5 Å². The van der Waals surface area contributed by atoms with Crippen LogP contribution in [0.3, 0.4) is 0 Å². The first-order valence-corrected chi connectivity index (χ1v) is 7.56. The molecule has 0 heterocycles. The van der Waals surface area contributed by atoms with Gasteiger partial charge in [-0.15, -0.1) is 0 Å². The summed E-state index contributed by atoms with van der Waals surface area (Å²) in [5, 5.41) is 3.04. The number of hydrogen-bond donors (Lipinski definition) is 1. The number of sulfone groups is 1. The van der Waals surface area contributed by atoms with Crippen LogP contribution in [0.15, 0.2) is 0 Å². The van der Waals surface area contributed by atoms with Crippen molar-refractivity contribution in [1.82, 2.24) is 5.32 Å². The van der Waals surface area contributed by atoms with E-state index in [0.29, 0.717) is 17.7 Å².